The number of aryl methyl sites for hydroxylation is 3. The highest BCUT2D eigenvalue weighted by Crippen LogP contribution is 2.34. The molecule has 0 atom stereocenters. The summed E-state index contributed by atoms with van der Waals surface area (Å²) in [6, 6.07) is 6.70. The molecule has 0 N–H and O–H groups in total. The molecule has 0 aliphatic heterocycles. The van der Waals surface area contributed by atoms with Crippen LogP contribution in [-0.2, 0) is 6.18 Å². The highest BCUT2D eigenvalue weighted by atomic mass is 32.1. The standard InChI is InChI=1S/C23H20F3N3O2S/c1-12-8-18(14(3)29(12)17-7-5-6-16(9-17)23(24,25)26)19(30)10-31-21-20-13(2)15(4)32-22(20)28-11-27-21/h5-9,11H,10H2,1-4H3. The number of hydrogen-bond acceptors (Lipinski definition) is 5. The van der Waals surface area contributed by atoms with Gasteiger partial charge in [-0.15, -0.1) is 11.3 Å². The van der Waals surface area contributed by atoms with E-state index in [1.807, 2.05) is 13.8 Å². The van der Waals surface area contributed by atoms with Gasteiger partial charge >= 0.3 is 6.18 Å². The first-order valence-corrected chi connectivity index (χ1v) is 10.6. The summed E-state index contributed by atoms with van der Waals surface area (Å²) in [5.41, 5.74) is 2.20. The van der Waals surface area contributed by atoms with Crippen LogP contribution >= 0.6 is 11.3 Å². The van der Waals surface area contributed by atoms with Crippen LogP contribution in [0.5, 0.6) is 5.88 Å². The number of carbonyl (C=O) groups excluding carboxylic acids is 1. The summed E-state index contributed by atoms with van der Waals surface area (Å²) in [6.07, 6.45) is -3.05. The quantitative estimate of drug-likeness (QED) is 0.344. The van der Waals surface area contributed by atoms with E-state index in [1.54, 1.807) is 30.5 Å². The maximum atomic E-state index is 13.1. The molecule has 166 valence electrons. The van der Waals surface area contributed by atoms with Crippen molar-refractivity contribution < 1.29 is 22.7 Å². The van der Waals surface area contributed by atoms with E-state index in [0.717, 1.165) is 32.8 Å². The zero-order valence-electron chi connectivity index (χ0n) is 17.9. The van der Waals surface area contributed by atoms with Gasteiger partial charge in [0.15, 0.2) is 6.61 Å². The first kappa shape index (κ1) is 22.0. The molecular formula is C23H20F3N3O2S. The average molecular weight is 459 g/mol. The summed E-state index contributed by atoms with van der Waals surface area (Å²) in [6.45, 7) is 7.15. The molecule has 4 aromatic rings. The van der Waals surface area contributed by atoms with Crippen LogP contribution < -0.4 is 4.74 Å². The number of benzene rings is 1. The normalized spacial score (nSPS) is 11.8. The zero-order valence-corrected chi connectivity index (χ0v) is 18.7. The monoisotopic (exact) mass is 459 g/mol. The molecule has 5 nitrogen and oxygen atoms in total. The molecular weight excluding hydrogens is 439 g/mol. The maximum absolute atomic E-state index is 13.1. The van der Waals surface area contributed by atoms with Gasteiger partial charge in [-0.3, -0.25) is 4.79 Å². The number of Topliss-reactive ketones (excluding diaryl/α,β-unsaturated/α-hetero) is 1. The third-order valence-corrected chi connectivity index (χ3v) is 6.55. The van der Waals surface area contributed by atoms with Crippen molar-refractivity contribution >= 4 is 27.3 Å². The zero-order chi connectivity index (χ0) is 23.2. The Balaban J connectivity index is 1.62. The van der Waals surface area contributed by atoms with Crippen LogP contribution in [0.25, 0.3) is 15.9 Å². The van der Waals surface area contributed by atoms with Crippen LogP contribution in [-0.4, -0.2) is 26.9 Å². The summed E-state index contributed by atoms with van der Waals surface area (Å²) >= 11 is 1.53. The molecule has 9 heteroatoms. The Hall–Kier alpha value is -3.20. The van der Waals surface area contributed by atoms with Crippen molar-refractivity contribution in [2.24, 2.45) is 0 Å². The molecule has 0 aliphatic rings. The smallest absolute Gasteiger partial charge is 0.416 e. The molecule has 3 aromatic heterocycles. The fourth-order valence-electron chi connectivity index (χ4n) is 3.73. The molecule has 0 saturated carbocycles. The second-order valence-corrected chi connectivity index (χ2v) is 8.73. The number of halogens is 3. The number of aromatic nitrogens is 3. The van der Waals surface area contributed by atoms with Crippen LogP contribution in [0.2, 0.25) is 0 Å². The van der Waals surface area contributed by atoms with Gasteiger partial charge in [-0.1, -0.05) is 6.07 Å². The molecule has 0 amide bonds. The predicted molar refractivity (Wildman–Crippen MR) is 117 cm³/mol. The van der Waals surface area contributed by atoms with E-state index in [4.69, 9.17) is 4.74 Å². The third kappa shape index (κ3) is 3.88. The van der Waals surface area contributed by atoms with Gasteiger partial charge in [-0.2, -0.15) is 13.2 Å². The number of ketones is 1. The van der Waals surface area contributed by atoms with Crippen LogP contribution in [0.3, 0.4) is 0 Å². The molecule has 4 rings (SSSR count). The van der Waals surface area contributed by atoms with Crippen molar-refractivity contribution in [2.45, 2.75) is 33.9 Å². The van der Waals surface area contributed by atoms with Crippen LogP contribution in [0.1, 0.15) is 37.7 Å². The van der Waals surface area contributed by atoms with Crippen LogP contribution in [0.15, 0.2) is 36.7 Å². The predicted octanol–water partition coefficient (Wildman–Crippen LogP) is 6.00. The van der Waals surface area contributed by atoms with Crippen molar-refractivity contribution in [3.05, 3.63) is 69.6 Å². The third-order valence-electron chi connectivity index (χ3n) is 5.43. The molecule has 0 aliphatic carbocycles. The van der Waals surface area contributed by atoms with Gasteiger partial charge in [-0.05, 0) is 57.5 Å². The largest absolute Gasteiger partial charge is 0.469 e. The topological polar surface area (TPSA) is 57.0 Å². The van der Waals surface area contributed by atoms with Gasteiger partial charge in [0.1, 0.15) is 11.2 Å². The van der Waals surface area contributed by atoms with E-state index in [9.17, 15) is 18.0 Å². The SMILES string of the molecule is Cc1sc2ncnc(OCC(=O)c3cc(C)n(-c4cccc(C(F)(F)F)c4)c3C)c2c1C. The summed E-state index contributed by atoms with van der Waals surface area (Å²) < 4.78 is 46.8. The van der Waals surface area contributed by atoms with Crippen molar-refractivity contribution in [2.75, 3.05) is 6.61 Å². The number of rotatable bonds is 5. The van der Waals surface area contributed by atoms with Crippen molar-refractivity contribution in [3.8, 4) is 11.6 Å². The lowest BCUT2D eigenvalue weighted by Gasteiger charge is -2.13. The maximum Gasteiger partial charge on any atom is 0.416 e. The van der Waals surface area contributed by atoms with Gasteiger partial charge in [0.05, 0.1) is 10.9 Å². The lowest BCUT2D eigenvalue weighted by atomic mass is 10.1. The molecule has 0 fully saturated rings. The van der Waals surface area contributed by atoms with Crippen molar-refractivity contribution in [1.82, 2.24) is 14.5 Å². The Morgan fingerprint density at radius 2 is 1.88 bits per heavy atom. The van der Waals surface area contributed by atoms with Crippen molar-refractivity contribution in [1.29, 1.82) is 0 Å². The fourth-order valence-corrected chi connectivity index (χ4v) is 4.72. The molecule has 0 saturated heterocycles. The van der Waals surface area contributed by atoms with Gasteiger partial charge < -0.3 is 9.30 Å². The molecule has 1 aromatic carbocycles. The number of alkyl halides is 3. The molecule has 0 unspecified atom stereocenters. The molecule has 0 radical (unpaired) electrons. The van der Waals surface area contributed by atoms with E-state index < -0.39 is 11.7 Å². The first-order valence-electron chi connectivity index (χ1n) is 9.81. The van der Waals surface area contributed by atoms with E-state index in [1.165, 1.54) is 23.7 Å². The van der Waals surface area contributed by atoms with Gasteiger partial charge in [0, 0.05) is 27.5 Å². The van der Waals surface area contributed by atoms with Gasteiger partial charge in [-0.25, -0.2) is 9.97 Å². The van der Waals surface area contributed by atoms with E-state index >= 15 is 0 Å². The Kier molecular flexibility index (Phi) is 5.54. The average Bonchev–Trinajstić information content (AvgIpc) is 3.21. The Morgan fingerprint density at radius 1 is 1.12 bits per heavy atom. The fraction of sp³-hybridized carbons (Fsp3) is 0.261. The summed E-state index contributed by atoms with van der Waals surface area (Å²) in [5.74, 6) is 0.0598. The number of thiophene rings is 1. The summed E-state index contributed by atoms with van der Waals surface area (Å²) in [4.78, 5) is 23.3. The molecule has 0 bridgehead atoms. The summed E-state index contributed by atoms with van der Waals surface area (Å²) in [7, 11) is 0. The minimum atomic E-state index is -4.45. The molecule has 3 heterocycles. The molecule has 32 heavy (non-hydrogen) atoms. The number of carbonyl (C=O) groups is 1. The Bertz CT molecular complexity index is 1340. The Morgan fingerprint density at radius 3 is 2.59 bits per heavy atom. The van der Waals surface area contributed by atoms with E-state index in [2.05, 4.69) is 9.97 Å². The number of ether oxygens (including phenoxy) is 1. The second-order valence-electron chi connectivity index (χ2n) is 7.52. The van der Waals surface area contributed by atoms with Gasteiger partial charge in [0.25, 0.3) is 0 Å². The number of nitrogens with zero attached hydrogens (tertiary/aromatic N) is 3. The van der Waals surface area contributed by atoms with Crippen LogP contribution in [0, 0.1) is 27.7 Å². The van der Waals surface area contributed by atoms with Crippen LogP contribution in [0.4, 0.5) is 13.2 Å². The van der Waals surface area contributed by atoms with Crippen molar-refractivity contribution in [3.63, 3.8) is 0 Å². The number of hydrogen-bond donors (Lipinski definition) is 0. The highest BCUT2D eigenvalue weighted by Gasteiger charge is 2.31. The Labute approximate surface area is 186 Å². The summed E-state index contributed by atoms with van der Waals surface area (Å²) in [5, 5.41) is 0.789. The highest BCUT2D eigenvalue weighted by molar-refractivity contribution is 7.18. The first-order chi connectivity index (χ1) is 15.1. The number of fused-ring (bicyclic) bond motifs is 1. The minimum Gasteiger partial charge on any atom is -0.469 e. The minimum absolute atomic E-state index is 0.243. The second kappa shape index (κ2) is 8.05. The lowest BCUT2D eigenvalue weighted by molar-refractivity contribution is -0.137. The van der Waals surface area contributed by atoms with E-state index in [-0.39, 0.29) is 12.4 Å². The lowest BCUT2D eigenvalue weighted by Crippen LogP contribution is -2.13. The molecule has 0 spiro atoms. The van der Waals surface area contributed by atoms with Gasteiger partial charge in [0.2, 0.25) is 11.7 Å². The van der Waals surface area contributed by atoms with E-state index in [0.29, 0.717) is 28.5 Å².